The highest BCUT2D eigenvalue weighted by Gasteiger charge is 2.39. The summed E-state index contributed by atoms with van der Waals surface area (Å²) in [6.07, 6.45) is 0. The summed E-state index contributed by atoms with van der Waals surface area (Å²) in [6.45, 7) is 4.56. The quantitative estimate of drug-likeness (QED) is 0.197. The van der Waals surface area contributed by atoms with Crippen molar-refractivity contribution in [1.82, 2.24) is 14.5 Å². The topological polar surface area (TPSA) is 30.7 Å². The first-order valence-electron chi connectivity index (χ1n) is 16.1. The van der Waals surface area contributed by atoms with Crippen LogP contribution in [0.5, 0.6) is 0 Å². The highest BCUT2D eigenvalue weighted by atomic mass is 32.1. The van der Waals surface area contributed by atoms with E-state index in [1.54, 1.807) is 0 Å². The van der Waals surface area contributed by atoms with E-state index < -0.39 is 0 Å². The lowest BCUT2D eigenvalue weighted by Gasteiger charge is -2.21. The number of rotatable bonds is 3. The molecule has 222 valence electrons. The predicted octanol–water partition coefficient (Wildman–Crippen LogP) is 11.6. The summed E-state index contributed by atoms with van der Waals surface area (Å²) >= 11 is 1.86. The highest BCUT2D eigenvalue weighted by molar-refractivity contribution is 7.25. The van der Waals surface area contributed by atoms with Gasteiger partial charge in [-0.15, -0.1) is 11.3 Å². The van der Waals surface area contributed by atoms with E-state index in [0.717, 1.165) is 39.6 Å². The molecular formula is C43H29N3S. The summed E-state index contributed by atoms with van der Waals surface area (Å²) in [5.74, 6) is 0.754. The Morgan fingerprint density at radius 2 is 1.28 bits per heavy atom. The normalized spacial score (nSPS) is 13.5. The number of hydrogen-bond acceptors (Lipinski definition) is 3. The second kappa shape index (κ2) is 9.71. The third-order valence-corrected chi connectivity index (χ3v) is 11.1. The third kappa shape index (κ3) is 3.79. The molecule has 0 aliphatic heterocycles. The first-order valence-corrected chi connectivity index (χ1v) is 16.9. The van der Waals surface area contributed by atoms with Gasteiger partial charge in [-0.1, -0.05) is 105 Å². The van der Waals surface area contributed by atoms with Crippen molar-refractivity contribution in [2.45, 2.75) is 19.3 Å². The number of hydrogen-bond donors (Lipinski definition) is 0. The Balaban J connectivity index is 1.16. The lowest BCUT2D eigenvalue weighted by Crippen LogP contribution is -2.17. The Morgan fingerprint density at radius 3 is 2.13 bits per heavy atom. The van der Waals surface area contributed by atoms with Gasteiger partial charge < -0.3 is 4.57 Å². The van der Waals surface area contributed by atoms with Gasteiger partial charge in [-0.25, -0.2) is 9.97 Å². The molecule has 0 saturated heterocycles. The molecule has 0 fully saturated rings. The van der Waals surface area contributed by atoms with Gasteiger partial charge in [-0.3, -0.25) is 0 Å². The van der Waals surface area contributed by atoms with E-state index in [0.29, 0.717) is 0 Å². The largest absolute Gasteiger partial charge is 0.309 e. The molecule has 0 unspecified atom stereocenters. The van der Waals surface area contributed by atoms with Crippen molar-refractivity contribution < 1.29 is 0 Å². The average Bonchev–Trinajstić information content (AvgIpc) is 3.72. The van der Waals surface area contributed by atoms with Crippen molar-refractivity contribution in [3.05, 3.63) is 151 Å². The van der Waals surface area contributed by atoms with Crippen LogP contribution in [0.1, 0.15) is 25.1 Å². The van der Waals surface area contributed by atoms with Crippen molar-refractivity contribution in [3.63, 3.8) is 0 Å². The van der Waals surface area contributed by atoms with Crippen molar-refractivity contribution in [2.24, 2.45) is 0 Å². The third-order valence-electron chi connectivity index (χ3n) is 9.97. The Hall–Kier alpha value is -5.58. The molecule has 0 amide bonds. The van der Waals surface area contributed by atoms with Crippen LogP contribution in [0, 0.1) is 0 Å². The lowest BCUT2D eigenvalue weighted by molar-refractivity contribution is 0.636. The second-order valence-corrected chi connectivity index (χ2v) is 14.1. The molecule has 0 spiro atoms. The van der Waals surface area contributed by atoms with E-state index in [1.165, 1.54) is 53.1 Å². The highest BCUT2D eigenvalue weighted by Crippen LogP contribution is 2.51. The monoisotopic (exact) mass is 619 g/mol. The van der Waals surface area contributed by atoms with Gasteiger partial charge in [0.2, 0.25) is 0 Å². The Labute approximate surface area is 276 Å². The summed E-state index contributed by atoms with van der Waals surface area (Å²) in [5.41, 5.74) is 11.2. The van der Waals surface area contributed by atoms with Gasteiger partial charge in [-0.05, 0) is 59.7 Å². The van der Waals surface area contributed by atoms with Crippen LogP contribution in [0.3, 0.4) is 0 Å². The molecule has 0 N–H and O–H groups in total. The molecule has 1 aliphatic carbocycles. The molecule has 0 radical (unpaired) electrons. The van der Waals surface area contributed by atoms with Crippen LogP contribution in [0.15, 0.2) is 140 Å². The molecule has 3 aromatic heterocycles. The zero-order valence-electron chi connectivity index (χ0n) is 26.0. The Kier molecular flexibility index (Phi) is 5.50. The van der Waals surface area contributed by atoms with E-state index in [2.05, 4.69) is 158 Å². The van der Waals surface area contributed by atoms with Gasteiger partial charge in [0.1, 0.15) is 0 Å². The summed E-state index contributed by atoms with van der Waals surface area (Å²) in [4.78, 5) is 10.6. The fourth-order valence-corrected chi connectivity index (χ4v) is 8.82. The van der Waals surface area contributed by atoms with Crippen molar-refractivity contribution in [1.29, 1.82) is 0 Å². The number of nitrogens with zero attached hydrogens (tertiary/aromatic N) is 3. The average molecular weight is 620 g/mol. The molecule has 0 bridgehead atoms. The first-order chi connectivity index (χ1) is 23.1. The summed E-state index contributed by atoms with van der Waals surface area (Å²) in [6, 6.07) is 50.2. The maximum absolute atomic E-state index is 5.31. The zero-order valence-corrected chi connectivity index (χ0v) is 26.8. The molecule has 47 heavy (non-hydrogen) atoms. The fourth-order valence-electron chi connectivity index (χ4n) is 7.70. The number of benzene rings is 6. The molecule has 10 rings (SSSR count). The van der Waals surface area contributed by atoms with Gasteiger partial charge in [0.15, 0.2) is 5.82 Å². The van der Waals surface area contributed by atoms with Crippen molar-refractivity contribution in [2.75, 3.05) is 0 Å². The van der Waals surface area contributed by atoms with Crippen LogP contribution in [0.25, 0.3) is 81.4 Å². The number of fused-ring (bicyclic) bond motifs is 9. The van der Waals surface area contributed by atoms with E-state index >= 15 is 0 Å². The molecule has 3 nitrogen and oxygen atoms in total. The molecule has 0 saturated carbocycles. The Morgan fingerprint density at radius 1 is 0.553 bits per heavy atom. The van der Waals surface area contributed by atoms with Gasteiger partial charge in [0.25, 0.3) is 0 Å². The van der Waals surface area contributed by atoms with E-state index in [1.807, 2.05) is 11.3 Å². The number of thiophene rings is 1. The van der Waals surface area contributed by atoms with E-state index in [9.17, 15) is 0 Å². The fraction of sp³-hybridized carbons (Fsp3) is 0.0698. The van der Waals surface area contributed by atoms with Gasteiger partial charge in [0.05, 0.1) is 22.4 Å². The minimum atomic E-state index is -0.228. The maximum Gasteiger partial charge on any atom is 0.160 e. The predicted molar refractivity (Wildman–Crippen MR) is 198 cm³/mol. The second-order valence-electron chi connectivity index (χ2n) is 13.0. The SMILES string of the molecule is CC1(C)c2ccccc2-c2c(-c3ccccc3)nc(-c3ccc(-n4c5ccccc5c5cc6c(cc54)sc4ccccc46)cc3)nc21. The molecule has 6 aromatic carbocycles. The molecule has 9 aromatic rings. The van der Waals surface area contributed by atoms with Crippen LogP contribution in [-0.2, 0) is 5.41 Å². The molecule has 1 aliphatic rings. The minimum absolute atomic E-state index is 0.228. The van der Waals surface area contributed by atoms with Crippen LogP contribution < -0.4 is 0 Å². The lowest BCUT2D eigenvalue weighted by atomic mass is 9.85. The summed E-state index contributed by atoms with van der Waals surface area (Å²) in [5, 5.41) is 5.19. The van der Waals surface area contributed by atoms with Crippen molar-refractivity contribution >= 4 is 53.3 Å². The zero-order chi connectivity index (χ0) is 31.3. The van der Waals surface area contributed by atoms with E-state index in [-0.39, 0.29) is 5.41 Å². The minimum Gasteiger partial charge on any atom is -0.309 e. The van der Waals surface area contributed by atoms with Crippen LogP contribution in [0.2, 0.25) is 0 Å². The number of aromatic nitrogens is 3. The molecule has 3 heterocycles. The van der Waals surface area contributed by atoms with Gasteiger partial charge in [-0.2, -0.15) is 0 Å². The van der Waals surface area contributed by atoms with Crippen LogP contribution >= 0.6 is 11.3 Å². The van der Waals surface area contributed by atoms with Gasteiger partial charge >= 0.3 is 0 Å². The van der Waals surface area contributed by atoms with E-state index in [4.69, 9.17) is 9.97 Å². The van der Waals surface area contributed by atoms with Crippen molar-refractivity contribution in [3.8, 4) is 39.5 Å². The Bertz CT molecular complexity index is 2700. The van der Waals surface area contributed by atoms with Gasteiger partial charge in [0, 0.05) is 58.7 Å². The molecular weight excluding hydrogens is 591 g/mol. The maximum atomic E-state index is 5.31. The summed E-state index contributed by atoms with van der Waals surface area (Å²) < 4.78 is 5.03. The standard InChI is InChI=1S/C43H29N3S/c1-43(2)34-17-9-6-16-31(34)39-40(26-12-4-3-5-13-26)44-42(45-41(39)43)27-20-22-28(23-21-27)46-35-18-10-7-14-29(35)32-24-33-30-15-8-11-19-37(30)47-38(33)25-36(32)46/h3-25H,1-2H3. The summed E-state index contributed by atoms with van der Waals surface area (Å²) in [7, 11) is 0. The van der Waals surface area contributed by atoms with Crippen LogP contribution in [0.4, 0.5) is 0 Å². The first kappa shape index (κ1) is 26.6. The number of para-hydroxylation sites is 1. The smallest absolute Gasteiger partial charge is 0.160 e. The molecule has 0 atom stereocenters. The van der Waals surface area contributed by atoms with Crippen LogP contribution in [-0.4, -0.2) is 14.5 Å². The molecule has 4 heteroatoms.